The van der Waals surface area contributed by atoms with Crippen LogP contribution in [0.2, 0.25) is 0 Å². The van der Waals surface area contributed by atoms with E-state index >= 15 is 0 Å². The number of nitrogens with one attached hydrogen (secondary N) is 2. The van der Waals surface area contributed by atoms with Crippen LogP contribution >= 0.6 is 11.8 Å². The molecule has 8 heteroatoms. The van der Waals surface area contributed by atoms with Gasteiger partial charge >= 0.3 is 12.1 Å². The number of carboxylic acids is 1. The minimum Gasteiger partial charge on any atom is -0.480 e. The fourth-order valence-corrected chi connectivity index (χ4v) is 4.23. The molecule has 1 aliphatic rings. The first-order valence-electron chi connectivity index (χ1n) is 12.3. The van der Waals surface area contributed by atoms with E-state index in [1.165, 1.54) is 28.5 Å². The summed E-state index contributed by atoms with van der Waals surface area (Å²) in [7, 11) is 0. The number of rotatable bonds is 14. The molecule has 7 nitrogen and oxygen atoms in total. The zero-order valence-corrected chi connectivity index (χ0v) is 23.3. The summed E-state index contributed by atoms with van der Waals surface area (Å²) in [5.74, 6) is -0.643. The molecule has 35 heavy (non-hydrogen) atoms. The SMILES string of the molecule is CC(C)=CCCC(C)=CCCC(C)=CCSCC(NC(=O)C1(NC(=O)OC(C)(C)C)CC1)C(=O)O. The quantitative estimate of drug-likeness (QED) is 0.203. The van der Waals surface area contributed by atoms with Crippen molar-refractivity contribution in [2.24, 2.45) is 0 Å². The van der Waals surface area contributed by atoms with Crippen LogP contribution in [0.1, 0.15) is 87.0 Å². The van der Waals surface area contributed by atoms with E-state index in [-0.39, 0.29) is 5.75 Å². The predicted molar refractivity (Wildman–Crippen MR) is 144 cm³/mol. The Hall–Kier alpha value is -2.22. The summed E-state index contributed by atoms with van der Waals surface area (Å²) in [6.07, 6.45) is 11.0. The summed E-state index contributed by atoms with van der Waals surface area (Å²) in [4.78, 5) is 36.4. The second kappa shape index (κ2) is 14.4. The summed E-state index contributed by atoms with van der Waals surface area (Å²) < 4.78 is 5.22. The van der Waals surface area contributed by atoms with Gasteiger partial charge in [0.05, 0.1) is 0 Å². The molecule has 1 fully saturated rings. The Balaban J connectivity index is 2.43. The van der Waals surface area contributed by atoms with Gasteiger partial charge in [0.15, 0.2) is 0 Å². The minimum atomic E-state index is -1.09. The second-order valence-corrected chi connectivity index (χ2v) is 11.6. The maximum absolute atomic E-state index is 12.7. The summed E-state index contributed by atoms with van der Waals surface area (Å²) in [6.45, 7) is 13.7. The number of amides is 2. The van der Waals surface area contributed by atoms with Crippen molar-refractivity contribution in [3.8, 4) is 0 Å². The Morgan fingerprint density at radius 3 is 2.09 bits per heavy atom. The highest BCUT2D eigenvalue weighted by Gasteiger charge is 2.52. The lowest BCUT2D eigenvalue weighted by Crippen LogP contribution is -2.54. The number of allylic oxidation sites excluding steroid dienone is 5. The molecule has 0 radical (unpaired) electrons. The lowest BCUT2D eigenvalue weighted by molar-refractivity contribution is -0.141. The highest BCUT2D eigenvalue weighted by atomic mass is 32.2. The Kier molecular flexibility index (Phi) is 12.6. The topological polar surface area (TPSA) is 105 Å². The molecule has 198 valence electrons. The molecule has 0 spiro atoms. The molecule has 3 N–H and O–H groups in total. The lowest BCUT2D eigenvalue weighted by Gasteiger charge is -2.24. The highest BCUT2D eigenvalue weighted by Crippen LogP contribution is 2.36. The van der Waals surface area contributed by atoms with Crippen molar-refractivity contribution in [2.45, 2.75) is 104 Å². The fraction of sp³-hybridized carbons (Fsp3) is 0.667. The van der Waals surface area contributed by atoms with Crippen LogP contribution in [0.5, 0.6) is 0 Å². The summed E-state index contributed by atoms with van der Waals surface area (Å²) in [5.41, 5.74) is 2.26. The van der Waals surface area contributed by atoms with Crippen molar-refractivity contribution in [1.29, 1.82) is 0 Å². The van der Waals surface area contributed by atoms with Gasteiger partial charge in [-0.25, -0.2) is 9.59 Å². The van der Waals surface area contributed by atoms with Crippen molar-refractivity contribution in [2.75, 3.05) is 11.5 Å². The Morgan fingerprint density at radius 2 is 1.57 bits per heavy atom. The first-order chi connectivity index (χ1) is 16.2. The molecule has 1 atom stereocenters. The molecule has 0 bridgehead atoms. The Labute approximate surface area is 215 Å². The third-order valence-electron chi connectivity index (χ3n) is 5.49. The second-order valence-electron chi connectivity index (χ2n) is 10.6. The maximum atomic E-state index is 12.7. The standard InChI is InChI=1S/C27H44N2O5S/c1-19(2)10-8-11-20(3)12-9-13-21(4)14-17-35-18-22(23(30)31)28-24(32)27(15-16-27)29-25(33)34-26(5,6)7/h10,12,14,22H,8-9,11,13,15-18H2,1-7H3,(H,28,32)(H,29,33)(H,30,31). The summed E-state index contributed by atoms with van der Waals surface area (Å²) in [5, 5.41) is 14.7. The van der Waals surface area contributed by atoms with Crippen LogP contribution < -0.4 is 10.6 Å². The monoisotopic (exact) mass is 508 g/mol. The van der Waals surface area contributed by atoms with Gasteiger partial charge in [0, 0.05) is 11.5 Å². The average Bonchev–Trinajstić information content (AvgIpc) is 3.48. The molecular formula is C27H44N2O5S. The van der Waals surface area contributed by atoms with E-state index in [1.54, 1.807) is 20.8 Å². The smallest absolute Gasteiger partial charge is 0.408 e. The number of aliphatic carboxylic acids is 1. The zero-order valence-electron chi connectivity index (χ0n) is 22.5. The van der Waals surface area contributed by atoms with Gasteiger partial charge in [0.25, 0.3) is 0 Å². The third-order valence-corrected chi connectivity index (χ3v) is 6.46. The molecule has 0 aromatic rings. The number of hydrogen-bond acceptors (Lipinski definition) is 5. The van der Waals surface area contributed by atoms with E-state index in [0.29, 0.717) is 18.6 Å². The van der Waals surface area contributed by atoms with E-state index in [0.717, 1.165) is 25.7 Å². The predicted octanol–water partition coefficient (Wildman–Crippen LogP) is 5.77. The third kappa shape index (κ3) is 13.4. The molecule has 2 amide bonds. The molecule has 1 rings (SSSR count). The number of carbonyl (C=O) groups is 3. The van der Waals surface area contributed by atoms with Crippen molar-refractivity contribution in [3.63, 3.8) is 0 Å². The molecule has 0 aliphatic heterocycles. The molecule has 0 aromatic carbocycles. The number of ether oxygens (including phenoxy) is 1. The molecule has 1 unspecified atom stereocenters. The number of carboxylic acid groups (broad SMARTS) is 1. The minimum absolute atomic E-state index is 0.247. The van der Waals surface area contributed by atoms with E-state index in [4.69, 9.17) is 4.74 Å². The van der Waals surface area contributed by atoms with Crippen molar-refractivity contribution >= 4 is 29.7 Å². The van der Waals surface area contributed by atoms with Crippen LogP contribution in [0.25, 0.3) is 0 Å². The van der Waals surface area contributed by atoms with Gasteiger partial charge in [-0.15, -0.1) is 0 Å². The van der Waals surface area contributed by atoms with Gasteiger partial charge in [-0.05, 0) is 87.0 Å². The van der Waals surface area contributed by atoms with Gasteiger partial charge in [-0.3, -0.25) is 4.79 Å². The maximum Gasteiger partial charge on any atom is 0.408 e. The Morgan fingerprint density at radius 1 is 1.00 bits per heavy atom. The van der Waals surface area contributed by atoms with Crippen LogP contribution in [-0.2, 0) is 14.3 Å². The molecule has 1 aliphatic carbocycles. The van der Waals surface area contributed by atoms with Gasteiger partial charge in [0.2, 0.25) is 5.91 Å². The molecule has 1 saturated carbocycles. The lowest BCUT2D eigenvalue weighted by atomic mass is 10.1. The van der Waals surface area contributed by atoms with Crippen LogP contribution in [0.15, 0.2) is 34.9 Å². The van der Waals surface area contributed by atoms with Crippen molar-refractivity contribution < 1.29 is 24.2 Å². The van der Waals surface area contributed by atoms with Crippen LogP contribution in [0.3, 0.4) is 0 Å². The average molecular weight is 509 g/mol. The van der Waals surface area contributed by atoms with Crippen molar-refractivity contribution in [1.82, 2.24) is 10.6 Å². The molecule has 0 heterocycles. The largest absolute Gasteiger partial charge is 0.480 e. The molecular weight excluding hydrogens is 464 g/mol. The number of alkyl carbamates (subject to hydrolysis) is 1. The summed E-state index contributed by atoms with van der Waals surface area (Å²) in [6, 6.07) is -1.02. The normalized spacial score (nSPS) is 16.2. The van der Waals surface area contributed by atoms with E-state index in [9.17, 15) is 19.5 Å². The molecule has 0 aromatic heterocycles. The van der Waals surface area contributed by atoms with Gasteiger partial charge < -0.3 is 20.5 Å². The fourth-order valence-electron chi connectivity index (χ4n) is 3.23. The number of hydrogen-bond donors (Lipinski definition) is 3. The van der Waals surface area contributed by atoms with E-state index < -0.39 is 35.2 Å². The van der Waals surface area contributed by atoms with Crippen LogP contribution in [0, 0.1) is 0 Å². The van der Waals surface area contributed by atoms with Crippen LogP contribution in [0.4, 0.5) is 4.79 Å². The van der Waals surface area contributed by atoms with E-state index in [2.05, 4.69) is 56.6 Å². The zero-order chi connectivity index (χ0) is 26.6. The number of carbonyl (C=O) groups excluding carboxylic acids is 2. The van der Waals surface area contributed by atoms with E-state index in [1.807, 2.05) is 0 Å². The van der Waals surface area contributed by atoms with Gasteiger partial charge in [-0.2, -0.15) is 11.8 Å². The molecule has 0 saturated heterocycles. The number of thioether (sulfide) groups is 1. The first kappa shape index (κ1) is 30.8. The highest BCUT2D eigenvalue weighted by molar-refractivity contribution is 7.99. The Bertz CT molecular complexity index is 831. The summed E-state index contributed by atoms with van der Waals surface area (Å²) >= 11 is 1.46. The van der Waals surface area contributed by atoms with Crippen LogP contribution in [-0.4, -0.2) is 51.8 Å². The van der Waals surface area contributed by atoms with Gasteiger partial charge in [-0.1, -0.05) is 34.9 Å². The van der Waals surface area contributed by atoms with Gasteiger partial charge in [0.1, 0.15) is 17.2 Å². The first-order valence-corrected chi connectivity index (χ1v) is 13.5. The van der Waals surface area contributed by atoms with Crippen molar-refractivity contribution in [3.05, 3.63) is 34.9 Å².